The molecule has 0 aliphatic rings. The molecular weight excluding hydrogens is 144 g/mol. The minimum atomic E-state index is 0. The third kappa shape index (κ3) is 0.905. The van der Waals surface area contributed by atoms with E-state index in [2.05, 4.69) is 20.4 Å². The van der Waals surface area contributed by atoms with Crippen molar-refractivity contribution < 1.29 is 0 Å². The van der Waals surface area contributed by atoms with Crippen LogP contribution in [-0.2, 0) is 0 Å². The van der Waals surface area contributed by atoms with Crippen molar-refractivity contribution in [2.24, 2.45) is 0 Å². The summed E-state index contributed by atoms with van der Waals surface area (Å²) in [7, 11) is 0. The molecule has 4 radical (unpaired) electrons. The predicted molar refractivity (Wildman–Crippen MR) is 37.4 cm³/mol. The molecule has 0 saturated heterocycles. The molecule has 0 unspecified atom stereocenters. The van der Waals surface area contributed by atoms with Gasteiger partial charge in [-0.05, 0) is 11.3 Å². The van der Waals surface area contributed by atoms with Crippen LogP contribution in [0, 0.1) is 0 Å². The van der Waals surface area contributed by atoms with E-state index in [0.29, 0.717) is 0 Å². The van der Waals surface area contributed by atoms with Gasteiger partial charge in [-0.15, -0.1) is 10.2 Å². The number of H-pyrrole nitrogens is 1. The monoisotopic (exact) mass is 148 g/mol. The van der Waals surface area contributed by atoms with Crippen molar-refractivity contribution >= 4 is 22.0 Å². The fraction of sp³-hybridized carbons (Fsp3) is 0. The van der Waals surface area contributed by atoms with E-state index < -0.39 is 0 Å². The number of nitrogens with one attached hydrogen (secondary N) is 1. The Kier molecular flexibility index (Phi) is 1.77. The number of hydrogen-bond donors (Lipinski definition) is 1. The molecular formula is C5H4N4Si. The van der Waals surface area contributed by atoms with Crippen LogP contribution in [-0.4, -0.2) is 31.4 Å². The third-order valence-electron chi connectivity index (χ3n) is 1.15. The Balaban J connectivity index is 0.000000500. The van der Waals surface area contributed by atoms with Crippen molar-refractivity contribution in [3.05, 3.63) is 18.5 Å². The highest BCUT2D eigenvalue weighted by molar-refractivity contribution is 5.75. The number of rotatable bonds is 0. The zero-order valence-corrected chi connectivity index (χ0v) is 6.07. The van der Waals surface area contributed by atoms with Crippen LogP contribution in [0.1, 0.15) is 0 Å². The lowest BCUT2D eigenvalue weighted by atomic mass is 10.5. The number of fused-ring (bicyclic) bond motifs is 1. The molecule has 0 bridgehead atoms. The van der Waals surface area contributed by atoms with Crippen molar-refractivity contribution in [3.63, 3.8) is 0 Å². The largest absolute Gasteiger partial charge is 0.358 e. The fourth-order valence-corrected chi connectivity index (χ4v) is 0.722. The summed E-state index contributed by atoms with van der Waals surface area (Å²) in [6, 6.07) is 1.85. The molecule has 0 spiro atoms. The molecule has 0 aliphatic heterocycles. The molecule has 2 heterocycles. The highest BCUT2D eigenvalue weighted by Gasteiger charge is 1.90. The molecule has 2 aromatic rings. The second kappa shape index (κ2) is 2.57. The van der Waals surface area contributed by atoms with Crippen molar-refractivity contribution in [1.82, 2.24) is 20.4 Å². The molecule has 5 heteroatoms. The minimum Gasteiger partial charge on any atom is -0.358 e. The van der Waals surface area contributed by atoms with E-state index in [1.807, 2.05) is 6.07 Å². The number of aromatic nitrogens is 4. The van der Waals surface area contributed by atoms with Gasteiger partial charge in [0.1, 0.15) is 5.52 Å². The van der Waals surface area contributed by atoms with Crippen LogP contribution < -0.4 is 0 Å². The molecule has 0 aromatic carbocycles. The van der Waals surface area contributed by atoms with E-state index in [1.165, 1.54) is 0 Å². The summed E-state index contributed by atoms with van der Waals surface area (Å²) in [6.45, 7) is 0. The summed E-state index contributed by atoms with van der Waals surface area (Å²) in [5.74, 6) is 0. The van der Waals surface area contributed by atoms with Crippen LogP contribution in [0.4, 0.5) is 0 Å². The van der Waals surface area contributed by atoms with Crippen molar-refractivity contribution in [2.45, 2.75) is 0 Å². The van der Waals surface area contributed by atoms with E-state index >= 15 is 0 Å². The molecule has 2 rings (SSSR count). The van der Waals surface area contributed by atoms with Crippen LogP contribution in [0.15, 0.2) is 18.5 Å². The summed E-state index contributed by atoms with van der Waals surface area (Å²) in [4.78, 5) is 2.95. The second-order valence-electron chi connectivity index (χ2n) is 1.71. The first-order chi connectivity index (χ1) is 4.47. The zero-order chi connectivity index (χ0) is 6.10. The summed E-state index contributed by atoms with van der Waals surface area (Å²) in [5.41, 5.74) is 1.77. The Labute approximate surface area is 61.7 Å². The maximum Gasteiger partial charge on any atom is 0.114 e. The maximum absolute atomic E-state index is 3.75. The normalized spacial score (nSPS) is 9.20. The summed E-state index contributed by atoms with van der Waals surface area (Å²) in [5, 5.41) is 10.8. The van der Waals surface area contributed by atoms with Gasteiger partial charge in [0, 0.05) is 17.2 Å². The third-order valence-corrected chi connectivity index (χ3v) is 1.15. The molecule has 10 heavy (non-hydrogen) atoms. The van der Waals surface area contributed by atoms with E-state index in [4.69, 9.17) is 0 Å². The molecule has 48 valence electrons. The minimum absolute atomic E-state index is 0. The molecule has 4 nitrogen and oxygen atoms in total. The second-order valence-corrected chi connectivity index (χ2v) is 1.71. The van der Waals surface area contributed by atoms with Gasteiger partial charge in [-0.25, -0.2) is 0 Å². The number of aromatic amines is 1. The lowest BCUT2D eigenvalue weighted by Crippen LogP contribution is -1.83. The molecule has 1 N–H and O–H groups in total. The standard InChI is InChI=1S/C5H4N4.Si/c1-2-6-5-3-7-9-8-4(1)5;/h1-3,6H;. The van der Waals surface area contributed by atoms with Crippen LogP contribution in [0.2, 0.25) is 0 Å². The first kappa shape index (κ1) is 6.88. The van der Waals surface area contributed by atoms with Gasteiger partial charge in [-0.3, -0.25) is 0 Å². The van der Waals surface area contributed by atoms with Crippen molar-refractivity contribution in [2.75, 3.05) is 0 Å². The van der Waals surface area contributed by atoms with Crippen LogP contribution in [0.5, 0.6) is 0 Å². The lowest BCUT2D eigenvalue weighted by molar-refractivity contribution is 0.895. The van der Waals surface area contributed by atoms with Gasteiger partial charge in [-0.1, -0.05) is 0 Å². The van der Waals surface area contributed by atoms with Gasteiger partial charge in [0.2, 0.25) is 0 Å². The molecule has 0 amide bonds. The SMILES string of the molecule is [Si].c1cc2nnncc2[nH]1. The average molecular weight is 148 g/mol. The first-order valence-electron chi connectivity index (χ1n) is 2.58. The van der Waals surface area contributed by atoms with Gasteiger partial charge in [0.05, 0.1) is 11.7 Å². The highest BCUT2D eigenvalue weighted by atomic mass is 28.1. The van der Waals surface area contributed by atoms with Gasteiger partial charge < -0.3 is 4.98 Å². The smallest absolute Gasteiger partial charge is 0.114 e. The fourth-order valence-electron chi connectivity index (χ4n) is 0.722. The summed E-state index contributed by atoms with van der Waals surface area (Å²) in [6.07, 6.45) is 3.45. The van der Waals surface area contributed by atoms with Gasteiger partial charge in [-0.2, -0.15) is 0 Å². The predicted octanol–water partition coefficient (Wildman–Crippen LogP) is -0.0279. The topological polar surface area (TPSA) is 54.5 Å². The molecule has 0 atom stereocenters. The molecule has 2 aromatic heterocycles. The number of hydrogen-bond acceptors (Lipinski definition) is 3. The molecule has 0 aliphatic carbocycles. The summed E-state index contributed by atoms with van der Waals surface area (Å²) >= 11 is 0. The average Bonchev–Trinajstić information content (AvgIpc) is 2.33. The highest BCUT2D eigenvalue weighted by Crippen LogP contribution is 2.02. The molecule has 0 fully saturated rings. The molecule has 0 saturated carbocycles. The Bertz CT molecular complexity index is 288. The van der Waals surface area contributed by atoms with Crippen LogP contribution in [0.25, 0.3) is 11.0 Å². The van der Waals surface area contributed by atoms with Crippen molar-refractivity contribution in [1.29, 1.82) is 0 Å². The Hall–Kier alpha value is -1.23. The Morgan fingerprint density at radius 2 is 2.30 bits per heavy atom. The van der Waals surface area contributed by atoms with Crippen LogP contribution in [0.3, 0.4) is 0 Å². The summed E-state index contributed by atoms with van der Waals surface area (Å²) < 4.78 is 0. The van der Waals surface area contributed by atoms with Gasteiger partial charge in [0.25, 0.3) is 0 Å². The maximum atomic E-state index is 3.75. The van der Waals surface area contributed by atoms with E-state index in [-0.39, 0.29) is 11.0 Å². The quantitative estimate of drug-likeness (QED) is 0.534. The van der Waals surface area contributed by atoms with E-state index in [9.17, 15) is 0 Å². The number of nitrogens with zero attached hydrogens (tertiary/aromatic N) is 3. The van der Waals surface area contributed by atoms with Gasteiger partial charge >= 0.3 is 0 Å². The van der Waals surface area contributed by atoms with E-state index in [0.717, 1.165) is 11.0 Å². The van der Waals surface area contributed by atoms with Crippen LogP contribution >= 0.6 is 0 Å². The van der Waals surface area contributed by atoms with Gasteiger partial charge in [0.15, 0.2) is 0 Å². The van der Waals surface area contributed by atoms with Crippen molar-refractivity contribution in [3.8, 4) is 0 Å². The Morgan fingerprint density at radius 1 is 1.40 bits per heavy atom. The zero-order valence-electron chi connectivity index (χ0n) is 5.07. The Morgan fingerprint density at radius 3 is 3.10 bits per heavy atom. The first-order valence-corrected chi connectivity index (χ1v) is 2.58. The lowest BCUT2D eigenvalue weighted by Gasteiger charge is -1.80. The van der Waals surface area contributed by atoms with E-state index in [1.54, 1.807) is 12.4 Å².